The number of ether oxygens (including phenoxy) is 3. The summed E-state index contributed by atoms with van der Waals surface area (Å²) in [6.45, 7) is 0.751. The Kier molecular flexibility index (Phi) is 9.11. The number of carbonyl (C=O) groups is 3. The van der Waals surface area contributed by atoms with Crippen LogP contribution in [0.1, 0.15) is 27.2 Å². The van der Waals surface area contributed by atoms with Gasteiger partial charge in [0.2, 0.25) is 0 Å². The number of halogens is 1. The van der Waals surface area contributed by atoms with Crippen molar-refractivity contribution in [2.45, 2.75) is 13.2 Å². The maximum Gasteiger partial charge on any atom is 0.299 e. The number of aromatic nitrogens is 3. The lowest BCUT2D eigenvalue weighted by Gasteiger charge is -2.16. The molecule has 0 unspecified atom stereocenters. The predicted octanol–water partition coefficient (Wildman–Crippen LogP) is 5.16. The highest BCUT2D eigenvalue weighted by Gasteiger charge is 2.35. The number of fused-ring (bicyclic) bond motifs is 1. The number of hydrogen-bond donors (Lipinski definition) is 0. The average molecular weight is 643 g/mol. The Hall–Kier alpha value is -5.03. The van der Waals surface area contributed by atoms with Gasteiger partial charge in [-0.2, -0.15) is 0 Å². The van der Waals surface area contributed by atoms with Gasteiger partial charge in [0.15, 0.2) is 17.3 Å². The molecule has 4 aromatic rings. The lowest BCUT2D eigenvalue weighted by Crippen LogP contribution is -2.32. The van der Waals surface area contributed by atoms with Crippen LogP contribution in [0.3, 0.4) is 0 Å². The first-order chi connectivity index (χ1) is 20.8. The quantitative estimate of drug-likeness (QED) is 0.154. The fourth-order valence-corrected chi connectivity index (χ4v) is 4.79. The van der Waals surface area contributed by atoms with Crippen LogP contribution in [0.25, 0.3) is 12.2 Å². The van der Waals surface area contributed by atoms with Crippen molar-refractivity contribution in [3.63, 3.8) is 0 Å². The van der Waals surface area contributed by atoms with Gasteiger partial charge < -0.3 is 19.1 Å². The van der Waals surface area contributed by atoms with E-state index in [4.69, 9.17) is 14.2 Å². The summed E-state index contributed by atoms with van der Waals surface area (Å²) in [5.41, 5.74) is 3.17. The topological polar surface area (TPSA) is 113 Å². The highest BCUT2D eigenvalue weighted by Crippen LogP contribution is 2.31. The molecule has 0 aliphatic carbocycles. The van der Waals surface area contributed by atoms with E-state index in [1.165, 1.54) is 24.2 Å². The van der Waals surface area contributed by atoms with Crippen molar-refractivity contribution >= 4 is 51.2 Å². The molecule has 0 radical (unpaired) electrons. The van der Waals surface area contributed by atoms with Crippen molar-refractivity contribution in [2.24, 2.45) is 0 Å². The fraction of sp³-hybridized carbons (Fsp3) is 0.156. The van der Waals surface area contributed by atoms with E-state index in [9.17, 15) is 14.4 Å². The second-order valence-electron chi connectivity index (χ2n) is 9.46. The summed E-state index contributed by atoms with van der Waals surface area (Å²) in [6.07, 6.45) is 8.13. The minimum absolute atomic E-state index is 0.136. The Morgan fingerprint density at radius 3 is 2.47 bits per heavy atom. The molecule has 218 valence electrons. The van der Waals surface area contributed by atoms with Crippen molar-refractivity contribution < 1.29 is 28.6 Å². The molecule has 0 bridgehead atoms. The number of hydrogen-bond acceptors (Lipinski definition) is 8. The first-order valence-electron chi connectivity index (χ1n) is 13.2. The number of methoxy groups -OCH3 is 2. The number of allylic oxidation sites excluding steroid dienone is 2. The Bertz CT molecular complexity index is 1750. The molecule has 11 heteroatoms. The predicted molar refractivity (Wildman–Crippen MR) is 164 cm³/mol. The standard InChI is InChI=1S/C32H27BrN4O6/c1-41-26-5-3-4-21(16-26)6-10-25(38)11-7-22-8-13-29(30(17-22)42-2)43-20-24-19-36(35-34-24)14-15-37-28-12-9-23(33)18-27(28)31(39)32(37)40/h3-13,16-19H,14-15,20H2,1-2H3/b10-6+,11-7+. The first kappa shape index (κ1) is 29.5. The van der Waals surface area contributed by atoms with Gasteiger partial charge >= 0.3 is 0 Å². The molecule has 10 nitrogen and oxygen atoms in total. The molecule has 0 saturated carbocycles. The van der Waals surface area contributed by atoms with Gasteiger partial charge in [0.05, 0.1) is 38.2 Å². The van der Waals surface area contributed by atoms with Gasteiger partial charge in [-0.25, -0.2) is 0 Å². The lowest BCUT2D eigenvalue weighted by atomic mass is 10.1. The van der Waals surface area contributed by atoms with Crippen molar-refractivity contribution in [1.82, 2.24) is 15.0 Å². The minimum atomic E-state index is -0.559. The molecule has 5 rings (SSSR count). The third-order valence-electron chi connectivity index (χ3n) is 6.61. The summed E-state index contributed by atoms with van der Waals surface area (Å²) >= 11 is 3.34. The highest BCUT2D eigenvalue weighted by atomic mass is 79.9. The first-order valence-corrected chi connectivity index (χ1v) is 14.0. The van der Waals surface area contributed by atoms with Gasteiger partial charge in [-0.1, -0.05) is 51.5 Å². The van der Waals surface area contributed by atoms with E-state index < -0.39 is 11.7 Å². The van der Waals surface area contributed by atoms with Crippen LogP contribution < -0.4 is 19.1 Å². The summed E-state index contributed by atoms with van der Waals surface area (Å²) in [5.74, 6) is 0.476. The van der Waals surface area contributed by atoms with Crippen LogP contribution in [0.4, 0.5) is 5.69 Å². The number of carbonyl (C=O) groups excluding carboxylic acids is 3. The number of nitrogens with zero attached hydrogens (tertiary/aromatic N) is 4. The number of amides is 1. The Balaban J connectivity index is 1.15. The summed E-state index contributed by atoms with van der Waals surface area (Å²) in [5, 5.41) is 8.26. The number of Topliss-reactive ketones (excluding diaryl/α,β-unsaturated/α-hetero) is 1. The van der Waals surface area contributed by atoms with Gasteiger partial charge in [-0.3, -0.25) is 19.1 Å². The number of benzene rings is 3. The molecule has 1 aromatic heterocycles. The minimum Gasteiger partial charge on any atom is -0.497 e. The third-order valence-corrected chi connectivity index (χ3v) is 7.10. The highest BCUT2D eigenvalue weighted by molar-refractivity contribution is 9.10. The number of ketones is 2. The number of rotatable bonds is 12. The van der Waals surface area contributed by atoms with Crippen LogP contribution in [0.15, 0.2) is 83.5 Å². The van der Waals surface area contributed by atoms with Crippen molar-refractivity contribution in [3.8, 4) is 17.2 Å². The van der Waals surface area contributed by atoms with Crippen molar-refractivity contribution in [2.75, 3.05) is 25.7 Å². The zero-order valence-electron chi connectivity index (χ0n) is 23.4. The second kappa shape index (κ2) is 13.3. The third kappa shape index (κ3) is 7.07. The molecule has 0 atom stereocenters. The summed E-state index contributed by atoms with van der Waals surface area (Å²) in [7, 11) is 3.13. The molecule has 2 heterocycles. The van der Waals surface area contributed by atoms with Crippen LogP contribution in [-0.4, -0.2) is 53.2 Å². The second-order valence-corrected chi connectivity index (χ2v) is 10.4. The summed E-state index contributed by atoms with van der Waals surface area (Å²) in [4.78, 5) is 38.6. The summed E-state index contributed by atoms with van der Waals surface area (Å²) in [6, 6.07) is 18.0. The largest absolute Gasteiger partial charge is 0.497 e. The Morgan fingerprint density at radius 1 is 0.907 bits per heavy atom. The maximum absolute atomic E-state index is 12.5. The summed E-state index contributed by atoms with van der Waals surface area (Å²) < 4.78 is 18.9. The van der Waals surface area contributed by atoms with E-state index >= 15 is 0 Å². The van der Waals surface area contributed by atoms with Gasteiger partial charge in [-0.15, -0.1) is 5.10 Å². The molecule has 1 aliphatic rings. The number of anilines is 1. The van der Waals surface area contributed by atoms with E-state index in [2.05, 4.69) is 26.2 Å². The molecular formula is C32H27BrN4O6. The van der Waals surface area contributed by atoms with Crippen LogP contribution >= 0.6 is 15.9 Å². The zero-order valence-corrected chi connectivity index (χ0v) is 25.0. The normalized spacial score (nSPS) is 12.8. The van der Waals surface area contributed by atoms with Crippen LogP contribution in [0.5, 0.6) is 17.2 Å². The fourth-order valence-electron chi connectivity index (χ4n) is 4.43. The van der Waals surface area contributed by atoms with Gasteiger partial charge in [0, 0.05) is 11.0 Å². The monoisotopic (exact) mass is 642 g/mol. The van der Waals surface area contributed by atoms with Crippen LogP contribution in [0.2, 0.25) is 0 Å². The van der Waals surface area contributed by atoms with Gasteiger partial charge in [0.25, 0.3) is 11.7 Å². The van der Waals surface area contributed by atoms with E-state index in [0.717, 1.165) is 21.3 Å². The Morgan fingerprint density at radius 2 is 1.70 bits per heavy atom. The molecular weight excluding hydrogens is 616 g/mol. The van der Waals surface area contributed by atoms with Crippen LogP contribution in [-0.2, 0) is 22.7 Å². The lowest BCUT2D eigenvalue weighted by molar-refractivity contribution is -0.114. The smallest absolute Gasteiger partial charge is 0.299 e. The van der Waals surface area contributed by atoms with Crippen LogP contribution in [0, 0.1) is 0 Å². The van der Waals surface area contributed by atoms with Gasteiger partial charge in [-0.05, 0) is 65.7 Å². The van der Waals surface area contributed by atoms with E-state index in [1.54, 1.807) is 60.5 Å². The molecule has 43 heavy (non-hydrogen) atoms. The van der Waals surface area contributed by atoms with E-state index in [1.807, 2.05) is 30.3 Å². The molecule has 0 N–H and O–H groups in total. The zero-order chi connectivity index (χ0) is 30.3. The molecule has 1 amide bonds. The molecule has 0 saturated heterocycles. The molecule has 0 fully saturated rings. The maximum atomic E-state index is 12.5. The van der Waals surface area contributed by atoms with E-state index in [-0.39, 0.29) is 18.9 Å². The average Bonchev–Trinajstić information content (AvgIpc) is 3.58. The van der Waals surface area contributed by atoms with Crippen molar-refractivity contribution in [1.29, 1.82) is 0 Å². The molecule has 3 aromatic carbocycles. The van der Waals surface area contributed by atoms with Crippen molar-refractivity contribution in [3.05, 3.63) is 106 Å². The van der Waals surface area contributed by atoms with Gasteiger partial charge in [0.1, 0.15) is 18.1 Å². The SMILES string of the molecule is COc1cccc(/C=C/C(=O)/C=C/c2ccc(OCc3cn(CCN4C(=O)C(=O)c5cc(Br)ccc54)nn3)c(OC)c2)c1. The molecule has 0 spiro atoms. The molecule has 1 aliphatic heterocycles. The van der Waals surface area contributed by atoms with E-state index in [0.29, 0.717) is 35.0 Å². The Labute approximate surface area is 256 Å².